The molecule has 0 rings (SSSR count). The Morgan fingerprint density at radius 1 is 0.267 bits per heavy atom. The minimum atomic E-state index is -4.96. The second-order valence-corrected chi connectivity index (χ2v) is 33.8. The zero-order valence-electron chi connectivity index (χ0n) is 66.4. The summed E-state index contributed by atoms with van der Waals surface area (Å²) in [6.07, 6.45) is 61.4. The number of esters is 4. The molecule has 0 aliphatic heterocycles. The van der Waals surface area contributed by atoms with Crippen molar-refractivity contribution in [3.05, 3.63) is 0 Å². The molecular formula is C82H160O17P2. The van der Waals surface area contributed by atoms with E-state index in [1.54, 1.807) is 0 Å². The first-order chi connectivity index (χ1) is 48.7. The Morgan fingerprint density at radius 3 is 0.673 bits per heavy atom. The predicted octanol–water partition coefficient (Wildman–Crippen LogP) is 24.5. The number of aliphatic hydroxyl groups excluding tert-OH is 1. The zero-order valence-corrected chi connectivity index (χ0v) is 68.2. The van der Waals surface area contributed by atoms with Crippen LogP contribution in [0, 0.1) is 17.8 Å². The number of hydrogen-bond donors (Lipinski definition) is 3. The van der Waals surface area contributed by atoms with E-state index < -0.39 is 97.5 Å². The summed E-state index contributed by atoms with van der Waals surface area (Å²) >= 11 is 0. The predicted molar refractivity (Wildman–Crippen MR) is 414 cm³/mol. The number of carbonyl (C=O) groups excluding carboxylic acids is 4. The zero-order chi connectivity index (χ0) is 74.4. The summed E-state index contributed by atoms with van der Waals surface area (Å²) in [4.78, 5) is 73.0. The van der Waals surface area contributed by atoms with E-state index in [1.165, 1.54) is 231 Å². The standard InChI is InChI=1S/C82H160O17P2/c1-8-9-10-11-12-13-14-15-16-17-18-19-20-25-28-31-37-42-51-58-65-81(86)98-77(69-92-79(84)63-56-49-41-36-30-27-24-22-21-23-26-29-34-39-46-53-60-73(2)3)71-96-100(88,89)94-67-76(83)68-95-101(90,91)97-72-78(70-93-80(85)64-57-50-45-44-48-55-62-75(6)7)99-82(87)66-59-52-43-38-33-32-35-40-47-54-61-74(4)5/h73-78,83H,8-72H2,1-7H3,(H,88,89)(H,90,91)/t76-,77-,78-/m1/s1. The summed E-state index contributed by atoms with van der Waals surface area (Å²) < 4.78 is 68.7. The Kier molecular flexibility index (Phi) is 70.9. The molecule has 0 aromatic rings. The highest BCUT2D eigenvalue weighted by Gasteiger charge is 2.30. The van der Waals surface area contributed by atoms with Gasteiger partial charge in [0.2, 0.25) is 0 Å². The highest BCUT2D eigenvalue weighted by molar-refractivity contribution is 7.47. The third kappa shape index (κ3) is 76.1. The van der Waals surface area contributed by atoms with E-state index >= 15 is 0 Å². The minimum Gasteiger partial charge on any atom is -0.462 e. The van der Waals surface area contributed by atoms with Crippen LogP contribution in [-0.4, -0.2) is 96.7 Å². The maximum Gasteiger partial charge on any atom is 0.472 e. The van der Waals surface area contributed by atoms with Crippen molar-refractivity contribution in [3.8, 4) is 0 Å². The molecule has 0 fully saturated rings. The van der Waals surface area contributed by atoms with E-state index in [-0.39, 0.29) is 25.7 Å². The summed E-state index contributed by atoms with van der Waals surface area (Å²) in [7, 11) is -9.92. The average Bonchev–Trinajstić information content (AvgIpc) is 0.964. The van der Waals surface area contributed by atoms with E-state index in [0.717, 1.165) is 108 Å². The molecule has 0 bridgehead atoms. The van der Waals surface area contributed by atoms with Gasteiger partial charge in [0.25, 0.3) is 0 Å². The van der Waals surface area contributed by atoms with Crippen LogP contribution in [0.2, 0.25) is 0 Å². The van der Waals surface area contributed by atoms with Gasteiger partial charge in [0, 0.05) is 25.7 Å². The fraction of sp³-hybridized carbons (Fsp3) is 0.951. The van der Waals surface area contributed by atoms with Crippen molar-refractivity contribution in [3.63, 3.8) is 0 Å². The smallest absolute Gasteiger partial charge is 0.462 e. The van der Waals surface area contributed by atoms with Gasteiger partial charge in [-0.25, -0.2) is 9.13 Å². The summed E-state index contributed by atoms with van der Waals surface area (Å²) in [5.41, 5.74) is 0. The molecule has 0 amide bonds. The lowest BCUT2D eigenvalue weighted by Gasteiger charge is -2.21. The highest BCUT2D eigenvalue weighted by atomic mass is 31.2. The fourth-order valence-corrected chi connectivity index (χ4v) is 14.2. The topological polar surface area (TPSA) is 237 Å². The average molecular weight is 1480 g/mol. The van der Waals surface area contributed by atoms with Crippen LogP contribution in [0.3, 0.4) is 0 Å². The molecule has 0 aromatic heterocycles. The van der Waals surface area contributed by atoms with Crippen LogP contribution < -0.4 is 0 Å². The molecule has 0 aromatic carbocycles. The van der Waals surface area contributed by atoms with Crippen molar-refractivity contribution in [1.29, 1.82) is 0 Å². The van der Waals surface area contributed by atoms with Gasteiger partial charge < -0.3 is 33.8 Å². The molecule has 2 unspecified atom stereocenters. The molecule has 0 heterocycles. The number of phosphoric acid groups is 2. The van der Waals surface area contributed by atoms with Crippen molar-refractivity contribution in [2.24, 2.45) is 17.8 Å². The van der Waals surface area contributed by atoms with Crippen LogP contribution in [0.4, 0.5) is 0 Å². The van der Waals surface area contributed by atoms with Gasteiger partial charge in [0.1, 0.15) is 19.3 Å². The molecule has 0 aliphatic carbocycles. The summed E-state index contributed by atoms with van der Waals surface area (Å²) in [6.45, 7) is 11.9. The molecule has 0 aliphatic rings. The van der Waals surface area contributed by atoms with E-state index in [2.05, 4.69) is 48.5 Å². The molecule has 0 spiro atoms. The highest BCUT2D eigenvalue weighted by Crippen LogP contribution is 2.45. The first kappa shape index (κ1) is 99.1. The van der Waals surface area contributed by atoms with Crippen molar-refractivity contribution in [2.45, 2.75) is 446 Å². The van der Waals surface area contributed by atoms with Crippen molar-refractivity contribution >= 4 is 39.5 Å². The summed E-state index contributed by atoms with van der Waals surface area (Å²) in [5.74, 6) is 0.131. The monoisotopic (exact) mass is 1480 g/mol. The van der Waals surface area contributed by atoms with Crippen LogP contribution in [0.1, 0.15) is 427 Å². The van der Waals surface area contributed by atoms with E-state index in [4.69, 9.17) is 37.0 Å². The van der Waals surface area contributed by atoms with E-state index in [0.29, 0.717) is 31.6 Å². The maximum atomic E-state index is 13.1. The van der Waals surface area contributed by atoms with Gasteiger partial charge in [-0.2, -0.15) is 0 Å². The molecular weight excluding hydrogens is 1320 g/mol. The van der Waals surface area contributed by atoms with Crippen LogP contribution in [0.25, 0.3) is 0 Å². The molecule has 3 N–H and O–H groups in total. The lowest BCUT2D eigenvalue weighted by atomic mass is 10.0. The Labute approximate surface area is 619 Å². The first-order valence-corrected chi connectivity index (χ1v) is 45.3. The SMILES string of the molecule is CCCCCCCCCCCCCCCCCCCCCCC(=O)O[C@H](COC(=O)CCCCCCCCCCCCCCCCCCC(C)C)COP(=O)(O)OC[C@@H](O)COP(=O)(O)OC[C@@H](COC(=O)CCCCCCCCC(C)C)OC(=O)CCCCCCCCCCCCC(C)C. The number of aliphatic hydroxyl groups is 1. The van der Waals surface area contributed by atoms with Gasteiger partial charge in [0.05, 0.1) is 26.4 Å². The number of rotatable bonds is 80. The summed E-state index contributed by atoms with van der Waals surface area (Å²) in [5, 5.41) is 10.6. The largest absolute Gasteiger partial charge is 0.472 e. The maximum absolute atomic E-state index is 13.1. The van der Waals surface area contributed by atoms with Crippen molar-refractivity contribution < 1.29 is 80.2 Å². The normalized spacial score (nSPS) is 14.0. The van der Waals surface area contributed by atoms with Gasteiger partial charge in [0.15, 0.2) is 12.2 Å². The Hall–Kier alpha value is -1.94. The van der Waals surface area contributed by atoms with Crippen LogP contribution >= 0.6 is 15.6 Å². The molecule has 5 atom stereocenters. The van der Waals surface area contributed by atoms with E-state index in [9.17, 15) is 43.2 Å². The molecule has 0 saturated carbocycles. The summed E-state index contributed by atoms with van der Waals surface area (Å²) in [6, 6.07) is 0. The van der Waals surface area contributed by atoms with Crippen LogP contribution in [-0.2, 0) is 65.4 Å². The fourth-order valence-electron chi connectivity index (χ4n) is 12.7. The Balaban J connectivity index is 5.21. The lowest BCUT2D eigenvalue weighted by molar-refractivity contribution is -0.161. The van der Waals surface area contributed by atoms with Crippen molar-refractivity contribution in [2.75, 3.05) is 39.6 Å². The minimum absolute atomic E-state index is 0.105. The Morgan fingerprint density at radius 2 is 0.455 bits per heavy atom. The second-order valence-electron chi connectivity index (χ2n) is 30.9. The quantitative estimate of drug-likeness (QED) is 0.0222. The van der Waals surface area contributed by atoms with Gasteiger partial charge in [-0.1, -0.05) is 376 Å². The molecule has 101 heavy (non-hydrogen) atoms. The number of phosphoric ester groups is 2. The molecule has 17 nitrogen and oxygen atoms in total. The van der Waals surface area contributed by atoms with Gasteiger partial charge in [-0.15, -0.1) is 0 Å². The van der Waals surface area contributed by atoms with Gasteiger partial charge >= 0.3 is 39.5 Å². The van der Waals surface area contributed by atoms with E-state index in [1.807, 2.05) is 0 Å². The van der Waals surface area contributed by atoms with Crippen LogP contribution in [0.5, 0.6) is 0 Å². The Bertz CT molecular complexity index is 1960. The molecule has 19 heteroatoms. The van der Waals surface area contributed by atoms with Gasteiger partial charge in [-0.05, 0) is 43.4 Å². The number of unbranched alkanes of at least 4 members (excludes halogenated alkanes) is 48. The van der Waals surface area contributed by atoms with Crippen LogP contribution in [0.15, 0.2) is 0 Å². The number of carbonyl (C=O) groups is 4. The third-order valence-electron chi connectivity index (χ3n) is 19.1. The van der Waals surface area contributed by atoms with Crippen molar-refractivity contribution in [1.82, 2.24) is 0 Å². The third-order valence-corrected chi connectivity index (χ3v) is 21.0. The molecule has 0 saturated heterocycles. The van der Waals surface area contributed by atoms with Gasteiger partial charge in [-0.3, -0.25) is 37.3 Å². The molecule has 600 valence electrons. The number of hydrogen-bond acceptors (Lipinski definition) is 15. The molecule has 0 radical (unpaired) electrons. The lowest BCUT2D eigenvalue weighted by Crippen LogP contribution is -2.30. The second kappa shape index (κ2) is 72.3. The first-order valence-electron chi connectivity index (χ1n) is 42.3. The number of ether oxygens (including phenoxy) is 4.